The zero-order valence-electron chi connectivity index (χ0n) is 15.5. The van der Waals surface area contributed by atoms with Crippen LogP contribution in [0, 0.1) is 11.8 Å². The van der Waals surface area contributed by atoms with E-state index in [1.807, 2.05) is 24.6 Å². The summed E-state index contributed by atoms with van der Waals surface area (Å²) < 4.78 is 0. The fraction of sp³-hybridized carbons (Fsp3) is 0.667. The highest BCUT2D eigenvalue weighted by Crippen LogP contribution is 2.23. The van der Waals surface area contributed by atoms with Crippen LogP contribution in [0.3, 0.4) is 0 Å². The van der Waals surface area contributed by atoms with Gasteiger partial charge in [-0.3, -0.25) is 9.79 Å². The second-order valence-corrected chi connectivity index (χ2v) is 7.74. The molecule has 0 radical (unpaired) electrons. The molecule has 1 aromatic heterocycles. The normalized spacial score (nSPS) is 17.5. The molecule has 1 aliphatic rings. The maximum atomic E-state index is 11.8. The van der Waals surface area contributed by atoms with Crippen molar-refractivity contribution in [1.29, 1.82) is 0 Å². The zero-order valence-corrected chi connectivity index (χ0v) is 18.6. The second kappa shape index (κ2) is 11.7. The predicted molar refractivity (Wildman–Crippen MR) is 117 cm³/mol. The Morgan fingerprint density at radius 2 is 2.16 bits per heavy atom. The molecule has 0 aromatic carbocycles. The summed E-state index contributed by atoms with van der Waals surface area (Å²) >= 11 is 1.47. The largest absolute Gasteiger partial charge is 0.356 e. The maximum absolute atomic E-state index is 11.8. The Bertz CT molecular complexity index is 533. The molecule has 1 aromatic rings. The van der Waals surface area contributed by atoms with Gasteiger partial charge >= 0.3 is 0 Å². The molecule has 0 aliphatic carbocycles. The minimum absolute atomic E-state index is 0. The van der Waals surface area contributed by atoms with E-state index in [-0.39, 0.29) is 29.9 Å². The van der Waals surface area contributed by atoms with Crippen molar-refractivity contribution in [1.82, 2.24) is 15.5 Å². The number of aliphatic imine (C=N–C) groups is 1. The van der Waals surface area contributed by atoms with Crippen LogP contribution in [0.2, 0.25) is 0 Å². The van der Waals surface area contributed by atoms with E-state index in [2.05, 4.69) is 34.4 Å². The number of nitrogens with one attached hydrogen (secondary N) is 2. The van der Waals surface area contributed by atoms with Gasteiger partial charge in [-0.05, 0) is 42.5 Å². The molecule has 2 rings (SSSR count). The van der Waals surface area contributed by atoms with Crippen molar-refractivity contribution in [2.75, 3.05) is 33.2 Å². The molecule has 0 saturated carbocycles. The molecule has 25 heavy (non-hydrogen) atoms. The lowest BCUT2D eigenvalue weighted by Gasteiger charge is -2.22. The van der Waals surface area contributed by atoms with Crippen LogP contribution in [0.15, 0.2) is 22.5 Å². The highest BCUT2D eigenvalue weighted by Gasteiger charge is 2.25. The van der Waals surface area contributed by atoms with Crippen LogP contribution in [0.4, 0.5) is 0 Å². The third-order valence-electron chi connectivity index (χ3n) is 4.27. The number of thiophene rings is 1. The van der Waals surface area contributed by atoms with Gasteiger partial charge in [0.2, 0.25) is 0 Å². The minimum atomic E-state index is 0. The van der Waals surface area contributed by atoms with Crippen molar-refractivity contribution in [3.05, 3.63) is 22.4 Å². The number of nitrogens with zero attached hydrogens (tertiary/aromatic N) is 2. The number of guanidine groups is 1. The number of rotatable bonds is 7. The average Bonchev–Trinajstić information content (AvgIpc) is 3.22. The highest BCUT2D eigenvalue weighted by molar-refractivity contribution is 14.0. The molecular formula is C18H31IN4OS. The van der Waals surface area contributed by atoms with Crippen LogP contribution in [-0.4, -0.2) is 50.0 Å². The summed E-state index contributed by atoms with van der Waals surface area (Å²) in [5, 5.41) is 8.29. The lowest BCUT2D eigenvalue weighted by molar-refractivity contribution is 0.0957. The molecule has 142 valence electrons. The fourth-order valence-electron chi connectivity index (χ4n) is 3.20. The van der Waals surface area contributed by atoms with Gasteiger partial charge in [0.1, 0.15) is 0 Å². The van der Waals surface area contributed by atoms with Gasteiger partial charge in [-0.1, -0.05) is 19.9 Å². The quantitative estimate of drug-likeness (QED) is 0.273. The molecule has 1 atom stereocenters. The van der Waals surface area contributed by atoms with E-state index in [1.165, 1.54) is 24.2 Å². The van der Waals surface area contributed by atoms with Crippen molar-refractivity contribution in [2.24, 2.45) is 16.8 Å². The molecule has 1 saturated heterocycles. The Morgan fingerprint density at radius 1 is 1.40 bits per heavy atom. The Morgan fingerprint density at radius 3 is 2.80 bits per heavy atom. The Hall–Kier alpha value is -0.830. The molecule has 7 heteroatoms. The summed E-state index contributed by atoms with van der Waals surface area (Å²) in [4.78, 5) is 19.4. The topological polar surface area (TPSA) is 56.7 Å². The molecule has 2 heterocycles. The summed E-state index contributed by atoms with van der Waals surface area (Å²) in [6, 6.07) is 3.74. The van der Waals surface area contributed by atoms with E-state index in [9.17, 15) is 4.79 Å². The fourth-order valence-corrected chi connectivity index (χ4v) is 3.84. The van der Waals surface area contributed by atoms with Gasteiger partial charge < -0.3 is 15.5 Å². The number of hydrogen-bond acceptors (Lipinski definition) is 3. The van der Waals surface area contributed by atoms with Crippen LogP contribution in [0.5, 0.6) is 0 Å². The van der Waals surface area contributed by atoms with Crippen LogP contribution in [0.25, 0.3) is 0 Å². The summed E-state index contributed by atoms with van der Waals surface area (Å²) in [6.45, 7) is 8.28. The lowest BCUT2D eigenvalue weighted by Crippen LogP contribution is -2.41. The Balaban J connectivity index is 0.00000312. The van der Waals surface area contributed by atoms with E-state index in [0.29, 0.717) is 6.54 Å². The van der Waals surface area contributed by atoms with Gasteiger partial charge in [0, 0.05) is 33.2 Å². The molecule has 5 nitrogen and oxygen atoms in total. The number of likely N-dealkylation sites (tertiary alicyclic amines) is 1. The van der Waals surface area contributed by atoms with Gasteiger partial charge in [-0.15, -0.1) is 35.3 Å². The van der Waals surface area contributed by atoms with Crippen LogP contribution in [-0.2, 0) is 0 Å². The van der Waals surface area contributed by atoms with E-state index in [0.717, 1.165) is 48.7 Å². The maximum Gasteiger partial charge on any atom is 0.261 e. The van der Waals surface area contributed by atoms with E-state index < -0.39 is 0 Å². The number of halogens is 1. The third-order valence-corrected chi connectivity index (χ3v) is 5.14. The van der Waals surface area contributed by atoms with Gasteiger partial charge in [-0.25, -0.2) is 0 Å². The van der Waals surface area contributed by atoms with Crippen molar-refractivity contribution in [3.63, 3.8) is 0 Å². The Kier molecular flexibility index (Phi) is 10.4. The molecule has 0 bridgehead atoms. The van der Waals surface area contributed by atoms with Crippen LogP contribution < -0.4 is 10.6 Å². The molecule has 1 unspecified atom stereocenters. The standard InChI is InChI=1S/C18H30N4OS.HI/c1-14(2)12-15-7-10-22(13-15)18(19-3)21-9-5-8-20-17(23)16-6-4-11-24-16;/h4,6,11,14-15H,5,7-10,12-13H2,1-3H3,(H,19,21)(H,20,23);1H. The molecule has 1 amide bonds. The van der Waals surface area contributed by atoms with E-state index in [1.54, 1.807) is 0 Å². The van der Waals surface area contributed by atoms with Gasteiger partial charge in [0.15, 0.2) is 5.96 Å². The van der Waals surface area contributed by atoms with Crippen LogP contribution >= 0.6 is 35.3 Å². The van der Waals surface area contributed by atoms with Crippen molar-refractivity contribution < 1.29 is 4.79 Å². The number of carbonyl (C=O) groups excluding carboxylic acids is 1. The zero-order chi connectivity index (χ0) is 17.4. The molecular weight excluding hydrogens is 447 g/mol. The van der Waals surface area contributed by atoms with Crippen molar-refractivity contribution >= 4 is 47.2 Å². The smallest absolute Gasteiger partial charge is 0.261 e. The molecule has 1 aliphatic heterocycles. The minimum Gasteiger partial charge on any atom is -0.356 e. The first-order valence-corrected chi connectivity index (χ1v) is 9.75. The monoisotopic (exact) mass is 478 g/mol. The van der Waals surface area contributed by atoms with Crippen molar-refractivity contribution in [3.8, 4) is 0 Å². The summed E-state index contributed by atoms with van der Waals surface area (Å²) in [6.07, 6.45) is 3.44. The SMILES string of the molecule is CN=C(NCCCNC(=O)c1cccs1)N1CCC(CC(C)C)C1.I. The van der Waals surface area contributed by atoms with Crippen molar-refractivity contribution in [2.45, 2.75) is 33.1 Å². The summed E-state index contributed by atoms with van der Waals surface area (Å²) in [7, 11) is 1.84. The highest BCUT2D eigenvalue weighted by atomic mass is 127. The molecule has 1 fully saturated rings. The number of amides is 1. The first kappa shape index (κ1) is 22.2. The van der Waals surface area contributed by atoms with Gasteiger partial charge in [0.25, 0.3) is 5.91 Å². The molecule has 2 N–H and O–H groups in total. The van der Waals surface area contributed by atoms with E-state index >= 15 is 0 Å². The van der Waals surface area contributed by atoms with Gasteiger partial charge in [0.05, 0.1) is 4.88 Å². The molecule has 0 spiro atoms. The van der Waals surface area contributed by atoms with Crippen LogP contribution in [0.1, 0.15) is 42.8 Å². The first-order valence-electron chi connectivity index (χ1n) is 8.87. The first-order chi connectivity index (χ1) is 11.6. The lowest BCUT2D eigenvalue weighted by atomic mass is 9.97. The number of hydrogen-bond donors (Lipinski definition) is 2. The summed E-state index contributed by atoms with van der Waals surface area (Å²) in [5.41, 5.74) is 0. The second-order valence-electron chi connectivity index (χ2n) is 6.79. The third kappa shape index (κ3) is 7.52. The van der Waals surface area contributed by atoms with E-state index in [4.69, 9.17) is 0 Å². The predicted octanol–water partition coefficient (Wildman–Crippen LogP) is 3.43. The Labute approximate surface area is 172 Å². The summed E-state index contributed by atoms with van der Waals surface area (Å²) in [5.74, 6) is 2.56. The van der Waals surface area contributed by atoms with Gasteiger partial charge in [-0.2, -0.15) is 0 Å². The number of carbonyl (C=O) groups is 1. The average molecular weight is 478 g/mol.